The fraction of sp³-hybridized carbons (Fsp3) is 0.300. The summed E-state index contributed by atoms with van der Waals surface area (Å²) in [5.74, 6) is -1.15. The molecule has 0 spiro atoms. The number of benzene rings is 2. The lowest BCUT2D eigenvalue weighted by molar-refractivity contribution is -0.115. The third-order valence-corrected chi connectivity index (χ3v) is 9.05. The summed E-state index contributed by atoms with van der Waals surface area (Å²) in [4.78, 5) is 39.8. The van der Waals surface area contributed by atoms with Crippen LogP contribution < -0.4 is 10.6 Å². The average Bonchev–Trinajstić information content (AvgIpc) is 3.67. The predicted molar refractivity (Wildman–Crippen MR) is 159 cm³/mol. The highest BCUT2D eigenvalue weighted by molar-refractivity contribution is 8.00. The van der Waals surface area contributed by atoms with Gasteiger partial charge in [0.1, 0.15) is 10.8 Å². The second kappa shape index (κ2) is 13.3. The molecule has 5 rings (SSSR count). The quantitative estimate of drug-likeness (QED) is 0.177. The van der Waals surface area contributed by atoms with Crippen molar-refractivity contribution >= 4 is 45.9 Å². The zero-order chi connectivity index (χ0) is 29.6. The molecule has 2 heterocycles. The van der Waals surface area contributed by atoms with Crippen molar-refractivity contribution in [1.82, 2.24) is 20.1 Å². The van der Waals surface area contributed by atoms with E-state index in [4.69, 9.17) is 4.74 Å². The van der Waals surface area contributed by atoms with Gasteiger partial charge in [0.2, 0.25) is 5.91 Å². The van der Waals surface area contributed by atoms with E-state index in [-0.39, 0.29) is 24.6 Å². The van der Waals surface area contributed by atoms with Crippen molar-refractivity contribution in [3.63, 3.8) is 0 Å². The number of nitrogens with one attached hydrogen (secondary N) is 2. The summed E-state index contributed by atoms with van der Waals surface area (Å²) in [5, 5.41) is 14.8. The Kier molecular flexibility index (Phi) is 9.33. The molecule has 0 bridgehead atoms. The van der Waals surface area contributed by atoms with Gasteiger partial charge in [0.15, 0.2) is 11.0 Å². The van der Waals surface area contributed by atoms with E-state index in [1.165, 1.54) is 47.4 Å². The van der Waals surface area contributed by atoms with Crippen LogP contribution in [0.15, 0.2) is 59.8 Å². The zero-order valence-electron chi connectivity index (χ0n) is 23.2. The molecule has 1 atom stereocenters. The molecule has 2 N–H and O–H groups in total. The van der Waals surface area contributed by atoms with Crippen LogP contribution in [0.2, 0.25) is 0 Å². The number of hydrogen-bond donors (Lipinski definition) is 2. The highest BCUT2D eigenvalue weighted by Gasteiger charge is 2.30. The minimum absolute atomic E-state index is 0.0555. The summed E-state index contributed by atoms with van der Waals surface area (Å²) in [5.41, 5.74) is 2.62. The van der Waals surface area contributed by atoms with Gasteiger partial charge in [-0.1, -0.05) is 48.2 Å². The molecule has 0 saturated heterocycles. The lowest BCUT2D eigenvalue weighted by Gasteiger charge is -2.14. The van der Waals surface area contributed by atoms with E-state index in [9.17, 15) is 18.8 Å². The minimum atomic E-state index is -0.578. The number of ether oxygens (including phenoxy) is 1. The van der Waals surface area contributed by atoms with E-state index < -0.39 is 22.9 Å². The zero-order valence-corrected chi connectivity index (χ0v) is 24.8. The number of amides is 2. The van der Waals surface area contributed by atoms with Gasteiger partial charge < -0.3 is 19.9 Å². The Bertz CT molecular complexity index is 1600. The first-order chi connectivity index (χ1) is 20.3. The summed E-state index contributed by atoms with van der Waals surface area (Å²) >= 11 is 2.66. The SMILES string of the molecule is CCOC(=O)c1c(NC(=O)[C@H](C)Sc2nnc(CNC(=O)c3cccc(F)c3)n2Cc2ccccc2)sc2c1CCC2. The Morgan fingerprint density at radius 3 is 2.69 bits per heavy atom. The van der Waals surface area contributed by atoms with E-state index in [0.29, 0.717) is 28.1 Å². The van der Waals surface area contributed by atoms with E-state index in [1.54, 1.807) is 13.8 Å². The van der Waals surface area contributed by atoms with Crippen LogP contribution in [-0.4, -0.2) is 44.4 Å². The minimum Gasteiger partial charge on any atom is -0.462 e. The van der Waals surface area contributed by atoms with E-state index in [1.807, 2.05) is 34.9 Å². The van der Waals surface area contributed by atoms with Gasteiger partial charge in [0.05, 0.1) is 30.5 Å². The maximum atomic E-state index is 13.6. The number of rotatable bonds is 11. The maximum Gasteiger partial charge on any atom is 0.341 e. The monoisotopic (exact) mass is 607 g/mol. The third kappa shape index (κ3) is 6.71. The normalized spacial score (nSPS) is 12.9. The molecular weight excluding hydrogens is 577 g/mol. The van der Waals surface area contributed by atoms with Gasteiger partial charge in [-0.15, -0.1) is 21.5 Å². The first-order valence-electron chi connectivity index (χ1n) is 13.6. The van der Waals surface area contributed by atoms with Crippen LogP contribution in [0.25, 0.3) is 0 Å². The molecule has 2 aromatic carbocycles. The van der Waals surface area contributed by atoms with Crippen LogP contribution in [0.1, 0.15) is 62.8 Å². The molecule has 9 nitrogen and oxygen atoms in total. The summed E-state index contributed by atoms with van der Waals surface area (Å²) in [6.07, 6.45) is 2.66. The number of fused-ring (bicyclic) bond motifs is 1. The van der Waals surface area contributed by atoms with Gasteiger partial charge in [0, 0.05) is 10.4 Å². The van der Waals surface area contributed by atoms with E-state index in [2.05, 4.69) is 20.8 Å². The van der Waals surface area contributed by atoms with Crippen LogP contribution in [0.5, 0.6) is 0 Å². The highest BCUT2D eigenvalue weighted by Crippen LogP contribution is 2.40. The second-order valence-corrected chi connectivity index (χ2v) is 12.1. The molecule has 218 valence electrons. The molecule has 4 aromatic rings. The molecule has 42 heavy (non-hydrogen) atoms. The number of esters is 1. The van der Waals surface area contributed by atoms with Crippen molar-refractivity contribution in [3.8, 4) is 0 Å². The summed E-state index contributed by atoms with van der Waals surface area (Å²) in [6.45, 7) is 4.25. The third-order valence-electron chi connectivity index (χ3n) is 6.76. The van der Waals surface area contributed by atoms with Gasteiger partial charge in [0.25, 0.3) is 5.91 Å². The average molecular weight is 608 g/mol. The molecule has 2 aromatic heterocycles. The van der Waals surface area contributed by atoms with Gasteiger partial charge >= 0.3 is 5.97 Å². The summed E-state index contributed by atoms with van der Waals surface area (Å²) in [6, 6.07) is 15.1. The number of aromatic nitrogens is 3. The van der Waals surface area contributed by atoms with Crippen molar-refractivity contribution in [1.29, 1.82) is 0 Å². The van der Waals surface area contributed by atoms with Crippen LogP contribution in [-0.2, 0) is 35.5 Å². The van der Waals surface area contributed by atoms with Crippen LogP contribution in [0, 0.1) is 5.82 Å². The summed E-state index contributed by atoms with van der Waals surface area (Å²) in [7, 11) is 0. The molecular formula is C30H30FN5O4S2. The number of carbonyl (C=O) groups excluding carboxylic acids is 3. The number of thiophene rings is 1. The number of carbonyl (C=O) groups is 3. The van der Waals surface area contributed by atoms with Crippen molar-refractivity contribution < 1.29 is 23.5 Å². The molecule has 0 saturated carbocycles. The van der Waals surface area contributed by atoms with Crippen molar-refractivity contribution in [3.05, 3.63) is 93.4 Å². The Hall–Kier alpha value is -4.03. The first-order valence-corrected chi connectivity index (χ1v) is 15.3. The molecule has 1 aliphatic rings. The first kappa shape index (κ1) is 29.5. The smallest absolute Gasteiger partial charge is 0.341 e. The fourth-order valence-electron chi connectivity index (χ4n) is 4.69. The van der Waals surface area contributed by atoms with Crippen molar-refractivity contribution in [2.45, 2.75) is 56.6 Å². The molecule has 0 fully saturated rings. The Morgan fingerprint density at radius 1 is 1.12 bits per heavy atom. The number of halogens is 1. The van der Waals surface area contributed by atoms with E-state index in [0.717, 1.165) is 35.3 Å². The molecule has 0 unspecified atom stereocenters. The molecule has 1 aliphatic carbocycles. The number of aryl methyl sites for hydroxylation is 1. The van der Waals surface area contributed by atoms with Crippen LogP contribution in [0.3, 0.4) is 0 Å². The maximum absolute atomic E-state index is 13.6. The van der Waals surface area contributed by atoms with Crippen LogP contribution >= 0.6 is 23.1 Å². The van der Waals surface area contributed by atoms with Crippen molar-refractivity contribution in [2.24, 2.45) is 0 Å². The largest absolute Gasteiger partial charge is 0.462 e. The Morgan fingerprint density at radius 2 is 1.93 bits per heavy atom. The Labute approximate surface area is 250 Å². The molecule has 0 radical (unpaired) electrons. The lowest BCUT2D eigenvalue weighted by atomic mass is 10.1. The van der Waals surface area contributed by atoms with Crippen LogP contribution in [0.4, 0.5) is 9.39 Å². The number of hydrogen-bond acceptors (Lipinski definition) is 8. The molecule has 12 heteroatoms. The van der Waals surface area contributed by atoms with Gasteiger partial charge in [-0.05, 0) is 62.4 Å². The highest BCUT2D eigenvalue weighted by atomic mass is 32.2. The standard InChI is InChI=1S/C30H30FN5O4S2/c1-3-40-29(39)25-22-13-8-14-23(22)42-28(25)33-26(37)18(2)41-30-35-34-24(36(30)17-19-9-5-4-6-10-19)16-32-27(38)20-11-7-12-21(31)15-20/h4-7,9-12,15,18H,3,8,13-14,16-17H2,1-2H3,(H,32,38)(H,33,37)/t18-/m0/s1. The van der Waals surface area contributed by atoms with Gasteiger partial charge in [-0.25, -0.2) is 9.18 Å². The molecule has 2 amide bonds. The Balaban J connectivity index is 1.33. The van der Waals surface area contributed by atoms with Crippen molar-refractivity contribution in [2.75, 3.05) is 11.9 Å². The number of anilines is 1. The van der Waals surface area contributed by atoms with Gasteiger partial charge in [-0.3, -0.25) is 9.59 Å². The lowest BCUT2D eigenvalue weighted by Crippen LogP contribution is -2.25. The second-order valence-electron chi connectivity index (χ2n) is 9.69. The molecule has 0 aliphatic heterocycles. The number of thioether (sulfide) groups is 1. The summed E-state index contributed by atoms with van der Waals surface area (Å²) < 4.78 is 20.7. The van der Waals surface area contributed by atoms with Gasteiger partial charge in [-0.2, -0.15) is 0 Å². The number of nitrogens with zero attached hydrogens (tertiary/aromatic N) is 3. The fourth-order valence-corrected chi connectivity index (χ4v) is 6.84. The van der Waals surface area contributed by atoms with E-state index >= 15 is 0 Å². The predicted octanol–water partition coefficient (Wildman–Crippen LogP) is 5.24. The topological polar surface area (TPSA) is 115 Å².